The van der Waals surface area contributed by atoms with E-state index in [0.717, 1.165) is 30.9 Å². The lowest BCUT2D eigenvalue weighted by Crippen LogP contribution is -2.08. The van der Waals surface area contributed by atoms with Crippen molar-refractivity contribution in [3.05, 3.63) is 42.0 Å². The highest BCUT2D eigenvalue weighted by Crippen LogP contribution is 2.26. The van der Waals surface area contributed by atoms with Gasteiger partial charge in [-0.15, -0.1) is 16.7 Å². The number of nitrogens with zero attached hydrogens (tertiary/aromatic N) is 5. The van der Waals surface area contributed by atoms with Gasteiger partial charge in [0, 0.05) is 19.3 Å². The predicted octanol–water partition coefficient (Wildman–Crippen LogP) is 3.33. The molecule has 1 aromatic carbocycles. The molecule has 1 atom stereocenters. The molecule has 1 unspecified atom stereocenters. The standard InChI is InChI=1S/C15H18ClN5/c1-11-5-3-6-13-14(11)21(15(18-13)12(2)16)9-4-8-20-10-7-17-19-20/h3,5-7,10,12H,4,8-9H2,1-2H3. The van der Waals surface area contributed by atoms with E-state index in [2.05, 4.69) is 32.9 Å². The van der Waals surface area contributed by atoms with Crippen molar-refractivity contribution in [2.24, 2.45) is 0 Å². The molecule has 0 N–H and O–H groups in total. The molecule has 0 radical (unpaired) electrons. The number of hydrogen-bond donors (Lipinski definition) is 0. The molecule has 0 fully saturated rings. The van der Waals surface area contributed by atoms with E-state index in [1.165, 1.54) is 11.1 Å². The molecule has 0 amide bonds. The molecule has 0 aliphatic rings. The van der Waals surface area contributed by atoms with Crippen LogP contribution >= 0.6 is 11.6 Å². The third-order valence-corrected chi connectivity index (χ3v) is 3.79. The number of benzene rings is 1. The van der Waals surface area contributed by atoms with Gasteiger partial charge < -0.3 is 4.57 Å². The van der Waals surface area contributed by atoms with E-state index in [1.807, 2.05) is 29.9 Å². The number of aryl methyl sites for hydroxylation is 3. The monoisotopic (exact) mass is 303 g/mol. The van der Waals surface area contributed by atoms with Crippen LogP contribution in [-0.2, 0) is 13.1 Å². The van der Waals surface area contributed by atoms with E-state index < -0.39 is 0 Å². The van der Waals surface area contributed by atoms with Gasteiger partial charge in [-0.05, 0) is 31.9 Å². The Morgan fingerprint density at radius 2 is 2.14 bits per heavy atom. The summed E-state index contributed by atoms with van der Waals surface area (Å²) in [6, 6.07) is 6.19. The molecule has 0 spiro atoms. The third-order valence-electron chi connectivity index (χ3n) is 3.59. The average Bonchev–Trinajstić information content (AvgIpc) is 3.07. The summed E-state index contributed by atoms with van der Waals surface area (Å²) in [5.74, 6) is 0.930. The van der Waals surface area contributed by atoms with E-state index in [0.29, 0.717) is 0 Å². The highest BCUT2D eigenvalue weighted by Gasteiger charge is 2.15. The normalized spacial score (nSPS) is 12.9. The van der Waals surface area contributed by atoms with Crippen LogP contribution in [0.5, 0.6) is 0 Å². The van der Waals surface area contributed by atoms with Crippen LogP contribution in [0.1, 0.15) is 30.1 Å². The fourth-order valence-electron chi connectivity index (χ4n) is 2.66. The molecule has 0 saturated heterocycles. The first-order chi connectivity index (χ1) is 10.2. The second kappa shape index (κ2) is 5.85. The van der Waals surface area contributed by atoms with E-state index in [-0.39, 0.29) is 5.38 Å². The highest BCUT2D eigenvalue weighted by atomic mass is 35.5. The fraction of sp³-hybridized carbons (Fsp3) is 0.400. The SMILES string of the molecule is Cc1cccc2nc(C(C)Cl)n(CCCn3ccnn3)c12. The van der Waals surface area contributed by atoms with Gasteiger partial charge in [0.25, 0.3) is 0 Å². The molecule has 2 heterocycles. The number of rotatable bonds is 5. The highest BCUT2D eigenvalue weighted by molar-refractivity contribution is 6.20. The van der Waals surface area contributed by atoms with Crippen molar-refractivity contribution in [3.8, 4) is 0 Å². The molecule has 0 saturated carbocycles. The summed E-state index contributed by atoms with van der Waals surface area (Å²) in [6.45, 7) is 5.78. The van der Waals surface area contributed by atoms with Crippen molar-refractivity contribution in [3.63, 3.8) is 0 Å². The van der Waals surface area contributed by atoms with Crippen molar-refractivity contribution >= 4 is 22.6 Å². The zero-order chi connectivity index (χ0) is 14.8. The third kappa shape index (κ3) is 2.78. The van der Waals surface area contributed by atoms with Crippen LogP contribution in [0.2, 0.25) is 0 Å². The average molecular weight is 304 g/mol. The Balaban J connectivity index is 1.90. The van der Waals surface area contributed by atoms with Crippen LogP contribution in [0.4, 0.5) is 0 Å². The van der Waals surface area contributed by atoms with E-state index >= 15 is 0 Å². The summed E-state index contributed by atoms with van der Waals surface area (Å²) in [5, 5.41) is 7.70. The van der Waals surface area contributed by atoms with E-state index in [1.54, 1.807) is 6.20 Å². The Hall–Kier alpha value is -1.88. The maximum Gasteiger partial charge on any atom is 0.127 e. The topological polar surface area (TPSA) is 48.5 Å². The van der Waals surface area contributed by atoms with Gasteiger partial charge in [0.1, 0.15) is 5.82 Å². The lowest BCUT2D eigenvalue weighted by Gasteiger charge is -2.11. The number of hydrogen-bond acceptors (Lipinski definition) is 3. The van der Waals surface area contributed by atoms with Crippen LogP contribution < -0.4 is 0 Å². The number of imidazole rings is 1. The summed E-state index contributed by atoms with van der Waals surface area (Å²) >= 11 is 6.30. The van der Waals surface area contributed by atoms with Gasteiger partial charge in [-0.1, -0.05) is 17.3 Å². The molecule has 0 bridgehead atoms. The molecular weight excluding hydrogens is 286 g/mol. The Morgan fingerprint density at radius 1 is 1.29 bits per heavy atom. The maximum atomic E-state index is 6.30. The second-order valence-electron chi connectivity index (χ2n) is 5.20. The molecule has 0 aliphatic heterocycles. The lowest BCUT2D eigenvalue weighted by molar-refractivity contribution is 0.511. The van der Waals surface area contributed by atoms with E-state index in [4.69, 9.17) is 11.6 Å². The number of alkyl halides is 1. The van der Waals surface area contributed by atoms with Crippen LogP contribution in [-0.4, -0.2) is 24.5 Å². The first kappa shape index (κ1) is 14.1. The Kier molecular flexibility index (Phi) is 3.92. The molecule has 0 aliphatic carbocycles. The van der Waals surface area contributed by atoms with Crippen LogP contribution in [0.15, 0.2) is 30.6 Å². The van der Waals surface area contributed by atoms with Crippen molar-refractivity contribution in [1.82, 2.24) is 24.5 Å². The molecule has 110 valence electrons. The summed E-state index contributed by atoms with van der Waals surface area (Å²) in [6.07, 6.45) is 4.53. The lowest BCUT2D eigenvalue weighted by atomic mass is 10.2. The van der Waals surface area contributed by atoms with Crippen molar-refractivity contribution < 1.29 is 0 Å². The molecule has 3 rings (SSSR count). The fourth-order valence-corrected chi connectivity index (χ4v) is 2.82. The Morgan fingerprint density at radius 3 is 2.86 bits per heavy atom. The number of para-hydroxylation sites is 1. The minimum atomic E-state index is -0.108. The number of aromatic nitrogens is 5. The van der Waals surface area contributed by atoms with Gasteiger partial charge in [-0.2, -0.15) is 0 Å². The minimum Gasteiger partial charge on any atom is -0.326 e. The largest absolute Gasteiger partial charge is 0.326 e. The summed E-state index contributed by atoms with van der Waals surface area (Å²) in [4.78, 5) is 4.68. The molecular formula is C15H18ClN5. The van der Waals surface area contributed by atoms with Gasteiger partial charge >= 0.3 is 0 Å². The number of fused-ring (bicyclic) bond motifs is 1. The van der Waals surface area contributed by atoms with Crippen molar-refractivity contribution in [2.75, 3.05) is 0 Å². The van der Waals surface area contributed by atoms with Crippen molar-refractivity contribution in [2.45, 2.75) is 38.7 Å². The zero-order valence-electron chi connectivity index (χ0n) is 12.2. The summed E-state index contributed by atoms with van der Waals surface area (Å²) in [7, 11) is 0. The molecule has 2 aromatic heterocycles. The minimum absolute atomic E-state index is 0.108. The second-order valence-corrected chi connectivity index (χ2v) is 5.85. The zero-order valence-corrected chi connectivity index (χ0v) is 13.0. The van der Waals surface area contributed by atoms with Crippen LogP contribution in [0.3, 0.4) is 0 Å². The quantitative estimate of drug-likeness (QED) is 0.679. The Labute approximate surface area is 128 Å². The molecule has 21 heavy (non-hydrogen) atoms. The maximum absolute atomic E-state index is 6.30. The smallest absolute Gasteiger partial charge is 0.127 e. The van der Waals surface area contributed by atoms with Gasteiger partial charge in [0.05, 0.1) is 22.6 Å². The van der Waals surface area contributed by atoms with Gasteiger partial charge in [-0.25, -0.2) is 4.98 Å². The van der Waals surface area contributed by atoms with Gasteiger partial charge in [-0.3, -0.25) is 4.68 Å². The van der Waals surface area contributed by atoms with E-state index in [9.17, 15) is 0 Å². The first-order valence-corrected chi connectivity index (χ1v) is 7.54. The van der Waals surface area contributed by atoms with Crippen molar-refractivity contribution in [1.29, 1.82) is 0 Å². The van der Waals surface area contributed by atoms with Crippen LogP contribution in [0.25, 0.3) is 11.0 Å². The summed E-state index contributed by atoms with van der Waals surface area (Å²) in [5.41, 5.74) is 3.42. The van der Waals surface area contributed by atoms with Crippen LogP contribution in [0, 0.1) is 6.92 Å². The number of halogens is 1. The molecule has 6 heteroatoms. The van der Waals surface area contributed by atoms with Gasteiger partial charge in [0.15, 0.2) is 0 Å². The predicted molar refractivity (Wildman–Crippen MR) is 83.4 cm³/mol. The first-order valence-electron chi connectivity index (χ1n) is 7.10. The molecule has 5 nitrogen and oxygen atoms in total. The summed E-state index contributed by atoms with van der Waals surface area (Å²) < 4.78 is 4.08. The Bertz CT molecular complexity index is 730. The molecule has 3 aromatic rings. The van der Waals surface area contributed by atoms with Gasteiger partial charge in [0.2, 0.25) is 0 Å².